The molecule has 7 rings (SSSR count). The van der Waals surface area contributed by atoms with Gasteiger partial charge in [-0.05, 0) is 35.5 Å². The first kappa shape index (κ1) is 7.14. The van der Waals surface area contributed by atoms with Crippen LogP contribution in [0.15, 0.2) is 9.59 Å². The molecule has 4 aliphatic carbocycles. The van der Waals surface area contributed by atoms with Crippen LogP contribution in [0.3, 0.4) is 0 Å². The van der Waals surface area contributed by atoms with Crippen molar-refractivity contribution in [2.45, 2.75) is 12.1 Å². The third-order valence-corrected chi connectivity index (χ3v) is 6.17. The lowest BCUT2D eigenvalue weighted by atomic mass is 9.89. The highest BCUT2D eigenvalue weighted by Gasteiger charge is 2.90. The summed E-state index contributed by atoms with van der Waals surface area (Å²) in [4.78, 5) is 24.1. The molecule has 1 aromatic rings. The molecule has 2 bridgehead atoms. The topological polar surface area (TPSA) is 48.9 Å². The Labute approximate surface area is 90.3 Å². The first-order valence-corrected chi connectivity index (χ1v) is 6.13. The highest BCUT2D eigenvalue weighted by molar-refractivity contribution is 5.37. The van der Waals surface area contributed by atoms with Crippen molar-refractivity contribution < 1.29 is 0 Å². The maximum Gasteiger partial charge on any atom is 0.347 e. The van der Waals surface area contributed by atoms with Gasteiger partial charge in [0.25, 0.3) is 0 Å². The number of rotatable bonds is 0. The van der Waals surface area contributed by atoms with Gasteiger partial charge < -0.3 is 0 Å². The average Bonchev–Trinajstić information content (AvgIpc) is 3.10. The second-order valence-corrected chi connectivity index (χ2v) is 6.26. The van der Waals surface area contributed by atoms with Crippen molar-refractivity contribution in [2.24, 2.45) is 42.6 Å². The van der Waals surface area contributed by atoms with E-state index in [4.69, 9.17) is 0 Å². The van der Waals surface area contributed by atoms with Gasteiger partial charge >= 0.3 is 11.4 Å². The summed E-state index contributed by atoms with van der Waals surface area (Å²) >= 11 is 0. The van der Waals surface area contributed by atoms with Gasteiger partial charge in [-0.3, -0.25) is 0 Å². The van der Waals surface area contributed by atoms with E-state index in [0.29, 0.717) is 12.1 Å². The molecule has 5 heteroatoms. The molecular formula is C11H11N3O2. The summed E-state index contributed by atoms with van der Waals surface area (Å²) in [6.45, 7) is 0. The van der Waals surface area contributed by atoms with Gasteiger partial charge in [-0.15, -0.1) is 0 Å². The van der Waals surface area contributed by atoms with Gasteiger partial charge in [-0.25, -0.2) is 23.5 Å². The highest BCUT2D eigenvalue weighted by atomic mass is 16.2. The molecule has 5 nitrogen and oxygen atoms in total. The molecule has 4 unspecified atom stereocenters. The highest BCUT2D eigenvalue weighted by Crippen LogP contribution is 2.91. The van der Waals surface area contributed by atoms with Crippen LogP contribution < -0.4 is 11.4 Å². The predicted molar refractivity (Wildman–Crippen MR) is 52.9 cm³/mol. The molecule has 2 aliphatic heterocycles. The fourth-order valence-corrected chi connectivity index (χ4v) is 5.90. The monoisotopic (exact) mass is 217 g/mol. The maximum atomic E-state index is 12.1. The minimum atomic E-state index is -0.0879. The summed E-state index contributed by atoms with van der Waals surface area (Å²) in [7, 11) is 1.60. The van der Waals surface area contributed by atoms with E-state index in [1.165, 1.54) is 4.57 Å². The lowest BCUT2D eigenvalue weighted by Gasteiger charge is -2.36. The van der Waals surface area contributed by atoms with Crippen LogP contribution in [-0.2, 0) is 7.05 Å². The van der Waals surface area contributed by atoms with Crippen molar-refractivity contribution in [3.8, 4) is 0 Å². The van der Waals surface area contributed by atoms with Crippen LogP contribution in [0.2, 0.25) is 0 Å². The molecule has 1 aromatic heterocycles. The molecule has 0 saturated heterocycles. The second kappa shape index (κ2) is 1.57. The summed E-state index contributed by atoms with van der Waals surface area (Å²) in [5.74, 6) is 4.77. The molecule has 0 aromatic carbocycles. The smallest absolute Gasteiger partial charge is 0.246 e. The van der Waals surface area contributed by atoms with Crippen molar-refractivity contribution in [1.29, 1.82) is 0 Å². The lowest BCUT2D eigenvalue weighted by Crippen LogP contribution is -2.45. The Kier molecular flexibility index (Phi) is 0.699. The van der Waals surface area contributed by atoms with Crippen LogP contribution in [-0.4, -0.2) is 13.9 Å². The summed E-state index contributed by atoms with van der Waals surface area (Å²) in [6.07, 6.45) is 0. The minimum absolute atomic E-state index is 0.0879. The normalized spacial score (nSPS) is 60.1. The molecule has 16 heavy (non-hydrogen) atoms. The van der Waals surface area contributed by atoms with Crippen LogP contribution in [0.1, 0.15) is 12.1 Å². The molecule has 3 heterocycles. The van der Waals surface area contributed by atoms with E-state index in [0.717, 1.165) is 35.5 Å². The lowest BCUT2D eigenvalue weighted by molar-refractivity contribution is 0.112. The van der Waals surface area contributed by atoms with Gasteiger partial charge in [0.15, 0.2) is 0 Å². The number of aromatic nitrogens is 3. The zero-order chi connectivity index (χ0) is 10.5. The molecule has 0 radical (unpaired) electrons. The van der Waals surface area contributed by atoms with Gasteiger partial charge in [-0.1, -0.05) is 0 Å². The van der Waals surface area contributed by atoms with Crippen molar-refractivity contribution in [3.63, 3.8) is 0 Å². The van der Waals surface area contributed by atoms with Crippen molar-refractivity contribution in [3.05, 3.63) is 21.0 Å². The Balaban J connectivity index is 1.85. The zero-order valence-electron chi connectivity index (χ0n) is 8.78. The van der Waals surface area contributed by atoms with Gasteiger partial charge in [0.1, 0.15) is 0 Å². The molecule has 4 saturated carbocycles. The molecule has 82 valence electrons. The minimum Gasteiger partial charge on any atom is -0.246 e. The first-order valence-electron chi connectivity index (χ1n) is 6.13. The van der Waals surface area contributed by atoms with E-state index >= 15 is 0 Å². The summed E-state index contributed by atoms with van der Waals surface area (Å²) in [5, 5.41) is 0. The van der Waals surface area contributed by atoms with E-state index in [1.54, 1.807) is 7.05 Å². The fraction of sp³-hybridized carbons (Fsp3) is 0.818. The fourth-order valence-electron chi connectivity index (χ4n) is 5.90. The van der Waals surface area contributed by atoms with E-state index in [9.17, 15) is 9.59 Å². The summed E-state index contributed by atoms with van der Waals surface area (Å²) < 4.78 is 4.90. The summed E-state index contributed by atoms with van der Waals surface area (Å²) in [6, 6.07) is 0.771. The summed E-state index contributed by atoms with van der Waals surface area (Å²) in [5.41, 5.74) is -0.176. The van der Waals surface area contributed by atoms with Crippen molar-refractivity contribution >= 4 is 0 Å². The number of hydrogen-bond donors (Lipinski definition) is 0. The SMILES string of the molecule is Cn1c(=O)n2n(c1=O)C1[C@@H]3C4C5[C@@H](C2[C@@H]43)[C@@H]51. The van der Waals surface area contributed by atoms with E-state index in [-0.39, 0.29) is 11.4 Å². The molecule has 0 spiro atoms. The van der Waals surface area contributed by atoms with Crippen LogP contribution >= 0.6 is 0 Å². The average molecular weight is 217 g/mol. The molecule has 4 fully saturated rings. The Morgan fingerprint density at radius 1 is 0.750 bits per heavy atom. The van der Waals surface area contributed by atoms with E-state index in [1.807, 2.05) is 9.36 Å². The number of hydrogen-bond acceptors (Lipinski definition) is 2. The quantitative estimate of drug-likeness (QED) is 0.571. The molecule has 6 aliphatic rings. The zero-order valence-corrected chi connectivity index (χ0v) is 8.78. The second-order valence-electron chi connectivity index (χ2n) is 6.26. The third kappa shape index (κ3) is 0.394. The molecular weight excluding hydrogens is 206 g/mol. The van der Waals surface area contributed by atoms with Crippen LogP contribution in [0.5, 0.6) is 0 Å². The first-order chi connectivity index (χ1) is 7.73. The predicted octanol–water partition coefficient (Wildman–Crippen LogP) is -0.804. The van der Waals surface area contributed by atoms with Crippen LogP contribution in [0.25, 0.3) is 0 Å². The van der Waals surface area contributed by atoms with E-state index in [2.05, 4.69) is 0 Å². The van der Waals surface area contributed by atoms with Gasteiger partial charge in [0.2, 0.25) is 0 Å². The Hall–Kier alpha value is -1.26. The van der Waals surface area contributed by atoms with Gasteiger partial charge in [0.05, 0.1) is 12.1 Å². The molecule has 0 N–H and O–H groups in total. The maximum absolute atomic E-state index is 12.1. The molecule has 8 atom stereocenters. The largest absolute Gasteiger partial charge is 0.347 e. The van der Waals surface area contributed by atoms with Gasteiger partial charge in [0, 0.05) is 7.05 Å². The third-order valence-electron chi connectivity index (χ3n) is 6.17. The Morgan fingerprint density at radius 3 is 1.50 bits per heavy atom. The Bertz CT molecular complexity index is 618. The van der Waals surface area contributed by atoms with Crippen LogP contribution in [0, 0.1) is 35.5 Å². The van der Waals surface area contributed by atoms with Crippen molar-refractivity contribution in [1.82, 2.24) is 13.9 Å². The Morgan fingerprint density at radius 2 is 1.12 bits per heavy atom. The molecule has 0 amide bonds. The van der Waals surface area contributed by atoms with E-state index < -0.39 is 0 Å². The van der Waals surface area contributed by atoms with Gasteiger partial charge in [-0.2, -0.15) is 0 Å². The number of nitrogens with zero attached hydrogens (tertiary/aromatic N) is 3. The van der Waals surface area contributed by atoms with Crippen molar-refractivity contribution in [2.75, 3.05) is 0 Å². The van der Waals surface area contributed by atoms with Crippen LogP contribution in [0.4, 0.5) is 0 Å². The standard InChI is InChI=1S/C11H11N3O2/c1-12-10(15)13-8-4-2-3-6(8)7(3)9(5(2)4)14(13)11(12)16/h2-9H,1H3/t2?,3?,4-,5-,6-,7+,8?,9?/m1/s1.